The van der Waals surface area contributed by atoms with Crippen molar-refractivity contribution < 1.29 is 9.53 Å². The fraction of sp³-hybridized carbons (Fsp3) is 0.400. The third-order valence-corrected chi connectivity index (χ3v) is 6.45. The molecule has 0 unspecified atom stereocenters. The van der Waals surface area contributed by atoms with Crippen molar-refractivity contribution in [2.24, 2.45) is 0 Å². The summed E-state index contributed by atoms with van der Waals surface area (Å²) < 4.78 is 8.27. The fourth-order valence-corrected chi connectivity index (χ4v) is 4.83. The fourth-order valence-electron chi connectivity index (χ4n) is 2.66. The number of carbonyl (C=O) groups excluding carboxylic acids is 1. The highest BCUT2D eigenvalue weighted by atomic mass is 32.2. The third-order valence-electron chi connectivity index (χ3n) is 4.21. The minimum absolute atomic E-state index is 0.178. The van der Waals surface area contributed by atoms with Crippen LogP contribution in [0.1, 0.15) is 36.7 Å². The molecule has 0 aliphatic heterocycles. The van der Waals surface area contributed by atoms with E-state index < -0.39 is 0 Å². The van der Waals surface area contributed by atoms with Crippen molar-refractivity contribution in [2.75, 3.05) is 24.8 Å². The van der Waals surface area contributed by atoms with Gasteiger partial charge in [-0.3, -0.25) is 9.59 Å². The molecule has 0 aliphatic rings. The summed E-state index contributed by atoms with van der Waals surface area (Å²) in [7, 11) is 1.55. The minimum Gasteiger partial charge on any atom is -0.383 e. The van der Waals surface area contributed by atoms with E-state index in [4.69, 9.17) is 4.74 Å². The number of methoxy groups -OCH3 is 1. The van der Waals surface area contributed by atoms with Gasteiger partial charge >= 0.3 is 0 Å². The maximum absolute atomic E-state index is 12.6. The van der Waals surface area contributed by atoms with Gasteiger partial charge in [0.05, 0.1) is 23.4 Å². The quantitative estimate of drug-likeness (QED) is 0.384. The highest BCUT2D eigenvalue weighted by Crippen LogP contribution is 2.31. The summed E-state index contributed by atoms with van der Waals surface area (Å²) in [6.45, 7) is 2.84. The van der Waals surface area contributed by atoms with Crippen LogP contribution < -0.4 is 10.9 Å². The Kier molecular flexibility index (Phi) is 7.79. The zero-order chi connectivity index (χ0) is 20.6. The first-order valence-corrected chi connectivity index (χ1v) is 11.3. The van der Waals surface area contributed by atoms with E-state index in [1.807, 2.05) is 18.2 Å². The van der Waals surface area contributed by atoms with Crippen LogP contribution in [0.5, 0.6) is 0 Å². The number of aromatic nitrogens is 3. The molecule has 3 aromatic rings. The van der Waals surface area contributed by atoms with Gasteiger partial charge in [-0.15, -0.1) is 11.3 Å². The van der Waals surface area contributed by atoms with Crippen molar-refractivity contribution >= 4 is 44.9 Å². The molecular formula is C20H24N4O3S2. The molecule has 0 saturated carbocycles. The molecular weight excluding hydrogens is 408 g/mol. The van der Waals surface area contributed by atoms with Crippen LogP contribution in [0.4, 0.5) is 5.69 Å². The van der Waals surface area contributed by atoms with Crippen LogP contribution in [0.25, 0.3) is 10.2 Å². The molecule has 154 valence electrons. The van der Waals surface area contributed by atoms with E-state index in [2.05, 4.69) is 22.3 Å². The average molecular weight is 433 g/mol. The molecule has 0 spiro atoms. The van der Waals surface area contributed by atoms with Crippen molar-refractivity contribution in [3.63, 3.8) is 0 Å². The van der Waals surface area contributed by atoms with E-state index in [9.17, 15) is 9.59 Å². The van der Waals surface area contributed by atoms with Crippen LogP contribution >= 0.6 is 23.1 Å². The number of ether oxygens (including phenoxy) is 1. The number of hydrogen-bond donors (Lipinski definition) is 1. The summed E-state index contributed by atoms with van der Waals surface area (Å²) in [5.74, 6) is 0.705. The first-order valence-electron chi connectivity index (χ1n) is 9.52. The Morgan fingerprint density at radius 2 is 2.14 bits per heavy atom. The second-order valence-corrected chi connectivity index (χ2v) is 8.82. The van der Waals surface area contributed by atoms with Gasteiger partial charge in [-0.25, -0.2) is 9.67 Å². The first-order chi connectivity index (χ1) is 14.1. The van der Waals surface area contributed by atoms with Gasteiger partial charge in [0.1, 0.15) is 5.69 Å². The Morgan fingerprint density at radius 1 is 1.28 bits per heavy atom. The maximum Gasteiger partial charge on any atom is 0.276 e. The molecule has 2 aromatic heterocycles. The molecule has 0 radical (unpaired) electrons. The summed E-state index contributed by atoms with van der Waals surface area (Å²) in [6, 6.07) is 8.42. The molecule has 29 heavy (non-hydrogen) atoms. The van der Waals surface area contributed by atoms with Crippen molar-refractivity contribution in [1.29, 1.82) is 0 Å². The molecule has 0 aliphatic carbocycles. The van der Waals surface area contributed by atoms with Gasteiger partial charge in [0.2, 0.25) is 0 Å². The number of nitrogens with zero attached hydrogens (tertiary/aromatic N) is 3. The van der Waals surface area contributed by atoms with Crippen molar-refractivity contribution in [2.45, 2.75) is 37.1 Å². The Bertz CT molecular complexity index is 1030. The SMILES string of the molecule is CCCCCSc1nc2ccc(NC(=O)c3ccc(=O)n(CCOC)n3)cc2s1. The lowest BCUT2D eigenvalue weighted by atomic mass is 10.3. The van der Waals surface area contributed by atoms with Gasteiger partial charge in [0, 0.05) is 24.6 Å². The number of carbonyl (C=O) groups is 1. The summed E-state index contributed by atoms with van der Waals surface area (Å²) in [5.41, 5.74) is 1.51. The van der Waals surface area contributed by atoms with Gasteiger partial charge in [-0.2, -0.15) is 5.10 Å². The van der Waals surface area contributed by atoms with Gasteiger partial charge in [-0.1, -0.05) is 31.5 Å². The van der Waals surface area contributed by atoms with Gasteiger partial charge < -0.3 is 10.1 Å². The minimum atomic E-state index is -0.366. The lowest BCUT2D eigenvalue weighted by molar-refractivity contribution is 0.101. The molecule has 9 heteroatoms. The Hall–Kier alpha value is -2.23. The Morgan fingerprint density at radius 3 is 2.93 bits per heavy atom. The van der Waals surface area contributed by atoms with Crippen molar-refractivity contribution in [1.82, 2.24) is 14.8 Å². The number of thiazole rings is 1. The largest absolute Gasteiger partial charge is 0.383 e. The van der Waals surface area contributed by atoms with Crippen molar-refractivity contribution in [3.8, 4) is 0 Å². The Labute approximate surface area is 177 Å². The molecule has 0 atom stereocenters. The normalized spacial score (nSPS) is 11.1. The third kappa shape index (κ3) is 5.88. The molecule has 1 N–H and O–H groups in total. The number of unbranched alkanes of at least 4 members (excludes halogenated alkanes) is 2. The van der Waals surface area contributed by atoms with E-state index in [0.29, 0.717) is 18.8 Å². The van der Waals surface area contributed by atoms with E-state index in [1.165, 1.54) is 36.1 Å². The van der Waals surface area contributed by atoms with Gasteiger partial charge in [0.25, 0.3) is 11.5 Å². The van der Waals surface area contributed by atoms with Gasteiger partial charge in [0.15, 0.2) is 4.34 Å². The number of rotatable bonds is 10. The smallest absolute Gasteiger partial charge is 0.276 e. The number of anilines is 1. The number of benzene rings is 1. The zero-order valence-electron chi connectivity index (χ0n) is 16.5. The first kappa shape index (κ1) is 21.5. The predicted molar refractivity (Wildman–Crippen MR) is 118 cm³/mol. The summed E-state index contributed by atoms with van der Waals surface area (Å²) >= 11 is 3.41. The number of thioether (sulfide) groups is 1. The van der Waals surface area contributed by atoms with E-state index in [-0.39, 0.29) is 17.2 Å². The van der Waals surface area contributed by atoms with E-state index in [1.54, 1.807) is 30.2 Å². The summed E-state index contributed by atoms with van der Waals surface area (Å²) in [5, 5.41) is 6.97. The molecule has 3 rings (SSSR count). The lowest BCUT2D eigenvalue weighted by Crippen LogP contribution is -2.27. The standard InChI is InChI=1S/C20H24N4O3S2/c1-3-4-5-12-28-20-22-15-7-6-14(13-17(15)29-20)21-19(26)16-8-9-18(25)24(23-16)10-11-27-2/h6-9,13H,3-5,10-12H2,1-2H3,(H,21,26). The highest BCUT2D eigenvalue weighted by molar-refractivity contribution is 8.01. The molecule has 1 aromatic carbocycles. The topological polar surface area (TPSA) is 86.1 Å². The van der Waals surface area contributed by atoms with Gasteiger partial charge in [-0.05, 0) is 30.7 Å². The maximum atomic E-state index is 12.6. The monoisotopic (exact) mass is 432 g/mol. The van der Waals surface area contributed by atoms with Crippen LogP contribution in [0.15, 0.2) is 39.5 Å². The van der Waals surface area contributed by atoms with Crippen LogP contribution in [0, 0.1) is 0 Å². The zero-order valence-corrected chi connectivity index (χ0v) is 18.1. The molecule has 1 amide bonds. The van der Waals surface area contributed by atoms with E-state index in [0.717, 1.165) is 20.3 Å². The number of amides is 1. The van der Waals surface area contributed by atoms with Crippen LogP contribution in [0.2, 0.25) is 0 Å². The molecule has 7 nitrogen and oxygen atoms in total. The Balaban J connectivity index is 1.69. The lowest BCUT2D eigenvalue weighted by Gasteiger charge is -2.07. The second-order valence-electron chi connectivity index (χ2n) is 6.44. The second kappa shape index (κ2) is 10.5. The highest BCUT2D eigenvalue weighted by Gasteiger charge is 2.12. The van der Waals surface area contributed by atoms with E-state index >= 15 is 0 Å². The summed E-state index contributed by atoms with van der Waals surface area (Å²) in [4.78, 5) is 29.0. The number of hydrogen-bond acceptors (Lipinski definition) is 7. The number of nitrogens with one attached hydrogen (secondary N) is 1. The molecule has 0 saturated heterocycles. The molecule has 0 bridgehead atoms. The number of fused-ring (bicyclic) bond motifs is 1. The predicted octanol–water partition coefficient (Wildman–Crippen LogP) is 4.03. The molecule has 0 fully saturated rings. The molecule has 2 heterocycles. The average Bonchev–Trinajstić information content (AvgIpc) is 3.12. The van der Waals surface area contributed by atoms with Crippen LogP contribution in [-0.4, -0.2) is 40.1 Å². The van der Waals surface area contributed by atoms with Crippen LogP contribution in [0.3, 0.4) is 0 Å². The van der Waals surface area contributed by atoms with Crippen LogP contribution in [-0.2, 0) is 11.3 Å². The summed E-state index contributed by atoms with van der Waals surface area (Å²) in [6.07, 6.45) is 3.64. The van der Waals surface area contributed by atoms with Crippen molar-refractivity contribution in [3.05, 3.63) is 46.4 Å².